The van der Waals surface area contributed by atoms with Crippen molar-refractivity contribution in [3.63, 3.8) is 0 Å². The Kier molecular flexibility index (Phi) is 3.01. The first kappa shape index (κ1) is 12.2. The van der Waals surface area contributed by atoms with Crippen molar-refractivity contribution in [2.75, 3.05) is 0 Å². The fourth-order valence-corrected chi connectivity index (χ4v) is 3.43. The molecule has 0 unspecified atom stereocenters. The highest BCUT2D eigenvalue weighted by Gasteiger charge is 2.52. The maximum absolute atomic E-state index is 12.4. The summed E-state index contributed by atoms with van der Waals surface area (Å²) in [5.41, 5.74) is 0.0314. The van der Waals surface area contributed by atoms with Crippen LogP contribution in [-0.2, 0) is 10.3 Å². The van der Waals surface area contributed by atoms with Crippen molar-refractivity contribution in [3.8, 4) is 0 Å². The second-order valence-corrected chi connectivity index (χ2v) is 5.42. The zero-order valence-electron chi connectivity index (χ0n) is 10.8. The zero-order chi connectivity index (χ0) is 13.3. The Labute approximate surface area is 112 Å². The van der Waals surface area contributed by atoms with E-state index in [9.17, 15) is 9.59 Å². The van der Waals surface area contributed by atoms with Crippen LogP contribution in [0.2, 0.25) is 0 Å². The lowest BCUT2D eigenvalue weighted by Crippen LogP contribution is -2.50. The van der Waals surface area contributed by atoms with Gasteiger partial charge < -0.3 is 5.32 Å². The predicted octanol–water partition coefficient (Wildman–Crippen LogP) is 2.30. The van der Waals surface area contributed by atoms with Crippen LogP contribution in [0.15, 0.2) is 30.3 Å². The van der Waals surface area contributed by atoms with E-state index in [1.54, 1.807) is 0 Å². The minimum Gasteiger partial charge on any atom is -0.319 e. The van der Waals surface area contributed by atoms with Crippen LogP contribution in [0, 0.1) is 5.92 Å². The molecule has 0 bridgehead atoms. The summed E-state index contributed by atoms with van der Waals surface area (Å²) < 4.78 is 0. The summed E-state index contributed by atoms with van der Waals surface area (Å²) in [5.74, 6) is -0.00861. The number of amides is 3. The van der Waals surface area contributed by atoms with E-state index in [4.69, 9.17) is 0 Å². The lowest BCUT2D eigenvalue weighted by molar-refractivity contribution is -0.126. The van der Waals surface area contributed by atoms with Crippen LogP contribution < -0.4 is 10.6 Å². The molecular formula is C15H18N2O2. The molecule has 2 N–H and O–H groups in total. The molecule has 1 heterocycles. The van der Waals surface area contributed by atoms with Gasteiger partial charge >= 0.3 is 6.03 Å². The van der Waals surface area contributed by atoms with Crippen molar-refractivity contribution >= 4 is 11.9 Å². The minimum absolute atomic E-state index is 0.190. The van der Waals surface area contributed by atoms with Crippen molar-refractivity contribution in [1.29, 1.82) is 0 Å². The minimum atomic E-state index is -0.862. The SMILES string of the molecule is O=C1NC(=O)[C@](c2ccccc2)(C2CCCCC2)N1. The highest BCUT2D eigenvalue weighted by atomic mass is 16.2. The van der Waals surface area contributed by atoms with Crippen molar-refractivity contribution in [3.05, 3.63) is 35.9 Å². The van der Waals surface area contributed by atoms with Crippen molar-refractivity contribution < 1.29 is 9.59 Å². The number of carbonyl (C=O) groups is 2. The molecule has 4 nitrogen and oxygen atoms in total. The summed E-state index contributed by atoms with van der Waals surface area (Å²) in [6.45, 7) is 0. The van der Waals surface area contributed by atoms with Gasteiger partial charge in [0.2, 0.25) is 0 Å². The summed E-state index contributed by atoms with van der Waals surface area (Å²) in [5, 5.41) is 5.32. The molecule has 2 aliphatic rings. The van der Waals surface area contributed by atoms with E-state index in [0.29, 0.717) is 0 Å². The molecule has 1 aromatic rings. The zero-order valence-corrected chi connectivity index (χ0v) is 10.8. The van der Waals surface area contributed by atoms with Gasteiger partial charge in [-0.2, -0.15) is 0 Å². The van der Waals surface area contributed by atoms with Gasteiger partial charge in [0.05, 0.1) is 0 Å². The number of rotatable bonds is 2. The van der Waals surface area contributed by atoms with Crippen LogP contribution in [0.4, 0.5) is 4.79 Å². The van der Waals surface area contributed by atoms with Gasteiger partial charge in [0, 0.05) is 0 Å². The molecule has 19 heavy (non-hydrogen) atoms. The molecule has 0 spiro atoms. The number of carbonyl (C=O) groups excluding carboxylic acids is 2. The monoisotopic (exact) mass is 258 g/mol. The number of hydrogen-bond acceptors (Lipinski definition) is 2. The average molecular weight is 258 g/mol. The molecule has 3 amide bonds. The Morgan fingerprint density at radius 2 is 1.68 bits per heavy atom. The topological polar surface area (TPSA) is 58.2 Å². The van der Waals surface area contributed by atoms with Crippen LogP contribution in [-0.4, -0.2) is 11.9 Å². The van der Waals surface area contributed by atoms with Gasteiger partial charge in [-0.15, -0.1) is 0 Å². The molecule has 1 atom stereocenters. The van der Waals surface area contributed by atoms with Crippen molar-refractivity contribution in [2.24, 2.45) is 5.92 Å². The Morgan fingerprint density at radius 3 is 2.26 bits per heavy atom. The smallest absolute Gasteiger partial charge is 0.319 e. The van der Waals surface area contributed by atoms with E-state index in [2.05, 4.69) is 10.6 Å². The van der Waals surface area contributed by atoms with E-state index in [-0.39, 0.29) is 17.9 Å². The van der Waals surface area contributed by atoms with Gasteiger partial charge in [0.15, 0.2) is 0 Å². The lowest BCUT2D eigenvalue weighted by Gasteiger charge is -2.37. The molecule has 1 saturated carbocycles. The van der Waals surface area contributed by atoms with Crippen LogP contribution in [0.5, 0.6) is 0 Å². The fourth-order valence-electron chi connectivity index (χ4n) is 3.43. The largest absolute Gasteiger partial charge is 0.322 e. The molecule has 1 aromatic carbocycles. The van der Waals surface area contributed by atoms with Crippen LogP contribution in [0.25, 0.3) is 0 Å². The fraction of sp³-hybridized carbons (Fsp3) is 0.467. The first-order chi connectivity index (χ1) is 9.23. The first-order valence-corrected chi connectivity index (χ1v) is 6.92. The van der Waals surface area contributed by atoms with Crippen molar-refractivity contribution in [1.82, 2.24) is 10.6 Å². The summed E-state index contributed by atoms with van der Waals surface area (Å²) in [4.78, 5) is 24.1. The Bertz CT molecular complexity index is 494. The molecule has 1 aliphatic carbocycles. The molecule has 1 saturated heterocycles. The normalized spacial score (nSPS) is 28.0. The summed E-state index contributed by atoms with van der Waals surface area (Å²) >= 11 is 0. The van der Waals surface area contributed by atoms with E-state index < -0.39 is 5.54 Å². The van der Waals surface area contributed by atoms with Crippen molar-refractivity contribution in [2.45, 2.75) is 37.6 Å². The third-order valence-corrected chi connectivity index (χ3v) is 4.34. The van der Waals surface area contributed by atoms with Gasteiger partial charge in [-0.05, 0) is 24.3 Å². The van der Waals surface area contributed by atoms with Gasteiger partial charge in [-0.25, -0.2) is 4.79 Å². The second kappa shape index (κ2) is 4.68. The highest BCUT2D eigenvalue weighted by Crippen LogP contribution is 2.41. The third kappa shape index (κ3) is 1.91. The Hall–Kier alpha value is -1.84. The maximum Gasteiger partial charge on any atom is 0.322 e. The number of benzene rings is 1. The molecule has 3 rings (SSSR count). The first-order valence-electron chi connectivity index (χ1n) is 6.92. The predicted molar refractivity (Wildman–Crippen MR) is 71.4 cm³/mol. The molecule has 0 aromatic heterocycles. The molecule has 0 radical (unpaired) electrons. The number of imide groups is 1. The maximum atomic E-state index is 12.4. The quantitative estimate of drug-likeness (QED) is 0.800. The van der Waals surface area contributed by atoms with Crippen LogP contribution >= 0.6 is 0 Å². The molecule has 4 heteroatoms. The highest BCUT2D eigenvalue weighted by molar-refractivity contribution is 6.07. The van der Waals surface area contributed by atoms with E-state index in [0.717, 1.165) is 31.2 Å². The number of nitrogens with one attached hydrogen (secondary N) is 2. The molecular weight excluding hydrogens is 240 g/mol. The lowest BCUT2D eigenvalue weighted by atomic mass is 9.71. The average Bonchev–Trinajstić information content (AvgIpc) is 2.76. The molecule has 100 valence electrons. The Morgan fingerprint density at radius 1 is 1.00 bits per heavy atom. The second-order valence-electron chi connectivity index (χ2n) is 5.42. The summed E-state index contributed by atoms with van der Waals surface area (Å²) in [6, 6.07) is 9.24. The standard InChI is InChI=1S/C15H18N2O2/c18-13-15(17-14(19)16-13,11-7-3-1-4-8-11)12-9-5-2-6-10-12/h1,3-4,7-8,12H,2,5-6,9-10H2,(H2,16,17,18,19)/t15-/m0/s1. The van der Waals surface area contributed by atoms with Crippen LogP contribution in [0.1, 0.15) is 37.7 Å². The third-order valence-electron chi connectivity index (χ3n) is 4.34. The summed E-state index contributed by atoms with van der Waals surface area (Å²) in [7, 11) is 0. The molecule has 1 aliphatic heterocycles. The van der Waals surface area contributed by atoms with Gasteiger partial charge in [0.25, 0.3) is 5.91 Å². The number of urea groups is 1. The van der Waals surface area contributed by atoms with Crippen LogP contribution in [0.3, 0.4) is 0 Å². The van der Waals surface area contributed by atoms with E-state index in [1.807, 2.05) is 30.3 Å². The van der Waals surface area contributed by atoms with Gasteiger partial charge in [-0.3, -0.25) is 10.1 Å². The Balaban J connectivity index is 2.05. The summed E-state index contributed by atoms with van der Waals surface area (Å²) in [6.07, 6.45) is 5.45. The number of hydrogen-bond donors (Lipinski definition) is 2. The van der Waals surface area contributed by atoms with E-state index >= 15 is 0 Å². The molecule has 2 fully saturated rings. The van der Waals surface area contributed by atoms with Gasteiger partial charge in [-0.1, -0.05) is 49.6 Å². The van der Waals surface area contributed by atoms with Gasteiger partial charge in [0.1, 0.15) is 5.54 Å². The van der Waals surface area contributed by atoms with E-state index in [1.165, 1.54) is 6.42 Å².